The molecule has 1 nitrogen and oxygen atoms in total. The standard InChI is InChI=1S/C25H25NP.HI/c1-3-26-20-12-18-24(26)23-17-10-11-19-25(23)27(2,21-13-6-4-7-14-21)22-15-8-5-9-16-22;/h4-20H,3H2,1-2H3;1H/q+1;/p-1. The summed E-state index contributed by atoms with van der Waals surface area (Å²) in [5, 5.41) is 4.27. The summed E-state index contributed by atoms with van der Waals surface area (Å²) in [5.41, 5.74) is 2.64. The predicted molar refractivity (Wildman–Crippen MR) is 120 cm³/mol. The molecular weight excluding hydrogens is 472 g/mol. The fraction of sp³-hybridized carbons (Fsp3) is 0.120. The van der Waals surface area contributed by atoms with Gasteiger partial charge in [0.1, 0.15) is 23.2 Å². The van der Waals surface area contributed by atoms with Gasteiger partial charge in [0, 0.05) is 18.3 Å². The van der Waals surface area contributed by atoms with Gasteiger partial charge >= 0.3 is 0 Å². The second kappa shape index (κ2) is 9.07. The third kappa shape index (κ3) is 3.68. The lowest BCUT2D eigenvalue weighted by atomic mass is 10.1. The molecule has 0 N–H and O–H groups in total. The van der Waals surface area contributed by atoms with Crippen LogP contribution in [0.4, 0.5) is 0 Å². The average molecular weight is 497 g/mol. The molecule has 0 aliphatic heterocycles. The molecule has 1 heterocycles. The van der Waals surface area contributed by atoms with Gasteiger partial charge < -0.3 is 28.5 Å². The molecule has 142 valence electrons. The van der Waals surface area contributed by atoms with Crippen LogP contribution < -0.4 is 39.9 Å². The lowest BCUT2D eigenvalue weighted by molar-refractivity contribution is -0.00000533. The molecule has 0 spiro atoms. The molecular formula is C25H25INP. The third-order valence-corrected chi connectivity index (χ3v) is 9.39. The molecule has 0 unspecified atom stereocenters. The lowest BCUT2D eigenvalue weighted by Gasteiger charge is -2.25. The molecule has 0 atom stereocenters. The molecule has 1 aromatic heterocycles. The molecule has 0 amide bonds. The highest BCUT2D eigenvalue weighted by molar-refractivity contribution is 7.95. The summed E-state index contributed by atoms with van der Waals surface area (Å²) < 4.78 is 2.33. The maximum atomic E-state index is 2.45. The molecule has 0 radical (unpaired) electrons. The molecule has 4 rings (SSSR count). The monoisotopic (exact) mass is 497 g/mol. The summed E-state index contributed by atoms with van der Waals surface area (Å²) in [5.74, 6) is 0. The number of aryl methyl sites for hydroxylation is 1. The minimum atomic E-state index is -1.75. The summed E-state index contributed by atoms with van der Waals surface area (Å²) in [4.78, 5) is 0. The van der Waals surface area contributed by atoms with E-state index in [1.54, 1.807) is 0 Å². The Labute approximate surface area is 185 Å². The van der Waals surface area contributed by atoms with Crippen LogP contribution in [0, 0.1) is 0 Å². The van der Waals surface area contributed by atoms with E-state index < -0.39 is 7.26 Å². The van der Waals surface area contributed by atoms with Crippen molar-refractivity contribution in [2.24, 2.45) is 0 Å². The summed E-state index contributed by atoms with van der Waals surface area (Å²) in [6, 6.07) is 35.3. The fourth-order valence-corrected chi connectivity index (χ4v) is 7.34. The molecule has 3 heteroatoms. The first-order chi connectivity index (χ1) is 13.2. The van der Waals surface area contributed by atoms with Crippen LogP contribution in [-0.2, 0) is 6.54 Å². The van der Waals surface area contributed by atoms with E-state index in [2.05, 4.69) is 121 Å². The van der Waals surface area contributed by atoms with Gasteiger partial charge in [-0.1, -0.05) is 48.5 Å². The van der Waals surface area contributed by atoms with Gasteiger partial charge in [-0.15, -0.1) is 0 Å². The van der Waals surface area contributed by atoms with Gasteiger partial charge in [-0.05, 0) is 55.5 Å². The molecule has 28 heavy (non-hydrogen) atoms. The first kappa shape index (κ1) is 20.8. The van der Waals surface area contributed by atoms with E-state index in [1.165, 1.54) is 27.2 Å². The van der Waals surface area contributed by atoms with Crippen LogP contribution in [0.15, 0.2) is 103 Å². The third-order valence-electron chi connectivity index (χ3n) is 5.38. The summed E-state index contributed by atoms with van der Waals surface area (Å²) in [6.07, 6.45) is 2.17. The van der Waals surface area contributed by atoms with Crippen molar-refractivity contribution in [2.75, 3.05) is 6.66 Å². The molecule has 0 fully saturated rings. The Bertz CT molecular complexity index is 985. The van der Waals surface area contributed by atoms with Gasteiger partial charge in [0.15, 0.2) is 0 Å². The zero-order valence-corrected chi connectivity index (χ0v) is 19.3. The average Bonchev–Trinajstić information content (AvgIpc) is 3.23. The highest BCUT2D eigenvalue weighted by Crippen LogP contribution is 2.53. The zero-order chi connectivity index (χ0) is 18.7. The van der Waals surface area contributed by atoms with Gasteiger partial charge in [0.25, 0.3) is 0 Å². The molecule has 3 aromatic carbocycles. The Kier molecular flexibility index (Phi) is 6.74. The van der Waals surface area contributed by atoms with Crippen LogP contribution in [0.5, 0.6) is 0 Å². The minimum absolute atomic E-state index is 0. The van der Waals surface area contributed by atoms with E-state index in [0.29, 0.717) is 0 Å². The number of rotatable bonds is 5. The van der Waals surface area contributed by atoms with Crippen molar-refractivity contribution in [3.63, 3.8) is 0 Å². The van der Waals surface area contributed by atoms with Crippen LogP contribution in [0.2, 0.25) is 0 Å². The fourth-order valence-electron chi connectivity index (χ4n) is 3.89. The van der Waals surface area contributed by atoms with Gasteiger partial charge in [-0.2, -0.15) is 0 Å². The number of nitrogens with zero attached hydrogens (tertiary/aromatic N) is 1. The quantitative estimate of drug-likeness (QED) is 0.294. The number of halogens is 1. The van der Waals surface area contributed by atoms with Gasteiger partial charge in [-0.3, -0.25) is 0 Å². The predicted octanol–water partition coefficient (Wildman–Crippen LogP) is 2.10. The Hall–Kier alpha value is -1.90. The van der Waals surface area contributed by atoms with Crippen LogP contribution in [0.1, 0.15) is 6.92 Å². The Morgan fingerprint density at radius 2 is 1.21 bits per heavy atom. The SMILES string of the molecule is CCn1cccc1-c1ccccc1[P+](C)(c1ccccc1)c1ccccc1.[I-]. The van der Waals surface area contributed by atoms with E-state index in [1.807, 2.05) is 0 Å². The van der Waals surface area contributed by atoms with Gasteiger partial charge in [0.2, 0.25) is 0 Å². The number of hydrogen-bond acceptors (Lipinski definition) is 0. The van der Waals surface area contributed by atoms with Crippen molar-refractivity contribution < 1.29 is 24.0 Å². The van der Waals surface area contributed by atoms with E-state index in [4.69, 9.17) is 0 Å². The molecule has 4 aromatic rings. The number of hydrogen-bond donors (Lipinski definition) is 0. The zero-order valence-electron chi connectivity index (χ0n) is 16.3. The minimum Gasteiger partial charge on any atom is -1.00 e. The van der Waals surface area contributed by atoms with Crippen molar-refractivity contribution in [3.8, 4) is 11.3 Å². The smallest absolute Gasteiger partial charge is 0.113 e. The van der Waals surface area contributed by atoms with Crippen molar-refractivity contribution in [1.29, 1.82) is 0 Å². The Balaban J connectivity index is 0.00000225. The summed E-state index contributed by atoms with van der Waals surface area (Å²) >= 11 is 0. The van der Waals surface area contributed by atoms with Crippen molar-refractivity contribution in [2.45, 2.75) is 13.5 Å². The van der Waals surface area contributed by atoms with Crippen molar-refractivity contribution >= 4 is 23.2 Å². The molecule has 0 saturated carbocycles. The maximum Gasteiger partial charge on any atom is 0.113 e. The van der Waals surface area contributed by atoms with Gasteiger partial charge in [-0.25, -0.2) is 0 Å². The molecule has 0 aliphatic carbocycles. The molecule has 0 aliphatic rings. The lowest BCUT2D eigenvalue weighted by Crippen LogP contribution is -3.00. The Morgan fingerprint density at radius 1 is 0.679 bits per heavy atom. The maximum absolute atomic E-state index is 2.45. The summed E-state index contributed by atoms with van der Waals surface area (Å²) in [7, 11) is -1.75. The summed E-state index contributed by atoms with van der Waals surface area (Å²) in [6.45, 7) is 5.63. The van der Waals surface area contributed by atoms with E-state index >= 15 is 0 Å². The number of aromatic nitrogens is 1. The second-order valence-corrected chi connectivity index (χ2v) is 10.4. The van der Waals surface area contributed by atoms with E-state index in [-0.39, 0.29) is 24.0 Å². The number of benzene rings is 3. The Morgan fingerprint density at radius 3 is 1.79 bits per heavy atom. The van der Waals surface area contributed by atoms with Crippen LogP contribution >= 0.6 is 7.26 Å². The first-order valence-corrected chi connectivity index (χ1v) is 11.7. The van der Waals surface area contributed by atoms with E-state index in [9.17, 15) is 0 Å². The van der Waals surface area contributed by atoms with Gasteiger partial charge in [0.05, 0.1) is 12.4 Å². The topological polar surface area (TPSA) is 4.93 Å². The van der Waals surface area contributed by atoms with Crippen LogP contribution in [-0.4, -0.2) is 11.2 Å². The van der Waals surface area contributed by atoms with Crippen molar-refractivity contribution in [3.05, 3.63) is 103 Å². The van der Waals surface area contributed by atoms with Crippen LogP contribution in [0.3, 0.4) is 0 Å². The normalized spacial score (nSPS) is 11.1. The largest absolute Gasteiger partial charge is 1.00 e. The highest BCUT2D eigenvalue weighted by atomic mass is 127. The molecule has 0 saturated heterocycles. The highest BCUT2D eigenvalue weighted by Gasteiger charge is 2.42. The van der Waals surface area contributed by atoms with Crippen LogP contribution in [0.25, 0.3) is 11.3 Å². The van der Waals surface area contributed by atoms with Crippen molar-refractivity contribution in [1.82, 2.24) is 4.57 Å². The molecule has 0 bridgehead atoms. The van der Waals surface area contributed by atoms with E-state index in [0.717, 1.165) is 6.54 Å². The second-order valence-electron chi connectivity index (χ2n) is 6.87. The first-order valence-electron chi connectivity index (χ1n) is 9.48.